The first kappa shape index (κ1) is 17.9. The van der Waals surface area contributed by atoms with Gasteiger partial charge in [-0.25, -0.2) is 0 Å². The minimum atomic E-state index is -0.270. The maximum Gasteiger partial charge on any atom is 0.270 e. The van der Waals surface area contributed by atoms with Crippen molar-refractivity contribution in [1.29, 1.82) is 0 Å². The first-order valence-corrected chi connectivity index (χ1v) is 9.45. The normalized spacial score (nSPS) is 13.6. The molecule has 28 heavy (non-hydrogen) atoms. The van der Waals surface area contributed by atoms with Gasteiger partial charge in [0.05, 0.1) is 0 Å². The molecule has 7 nitrogen and oxygen atoms in total. The smallest absolute Gasteiger partial charge is 0.270 e. The Balaban J connectivity index is 1.32. The zero-order valence-corrected chi connectivity index (χ0v) is 15.5. The number of rotatable bonds is 6. The molecule has 0 spiro atoms. The Bertz CT molecular complexity index is 946. The number of aromatic amines is 1. The van der Waals surface area contributed by atoms with Gasteiger partial charge in [-0.2, -0.15) is 5.21 Å². The lowest BCUT2D eigenvalue weighted by molar-refractivity contribution is 0.102. The van der Waals surface area contributed by atoms with Crippen LogP contribution in [0, 0.1) is 0 Å². The van der Waals surface area contributed by atoms with Crippen LogP contribution in [0.5, 0.6) is 0 Å². The predicted octanol–water partition coefficient (Wildman–Crippen LogP) is 4.02. The van der Waals surface area contributed by atoms with Crippen LogP contribution in [0.3, 0.4) is 0 Å². The third-order valence-electron chi connectivity index (χ3n) is 4.83. The molecule has 3 aromatic rings. The molecule has 0 atom stereocenters. The van der Waals surface area contributed by atoms with Crippen LogP contribution in [-0.4, -0.2) is 26.5 Å². The van der Waals surface area contributed by atoms with Gasteiger partial charge in [0.15, 0.2) is 0 Å². The number of benzene rings is 2. The van der Waals surface area contributed by atoms with E-state index in [1.54, 1.807) is 12.1 Å². The summed E-state index contributed by atoms with van der Waals surface area (Å²) in [5.74, 6) is -0.114. The third kappa shape index (κ3) is 4.43. The van der Waals surface area contributed by atoms with Gasteiger partial charge >= 0.3 is 0 Å². The van der Waals surface area contributed by atoms with Crippen LogP contribution in [0.4, 0.5) is 11.6 Å². The van der Waals surface area contributed by atoms with Gasteiger partial charge in [-0.05, 0) is 71.9 Å². The van der Waals surface area contributed by atoms with Crippen molar-refractivity contribution in [2.24, 2.45) is 0 Å². The van der Waals surface area contributed by atoms with Gasteiger partial charge in [0.2, 0.25) is 0 Å². The van der Waals surface area contributed by atoms with E-state index < -0.39 is 0 Å². The van der Waals surface area contributed by atoms with Gasteiger partial charge < -0.3 is 5.32 Å². The Labute approximate surface area is 163 Å². The summed E-state index contributed by atoms with van der Waals surface area (Å²) in [6, 6.07) is 16.0. The van der Waals surface area contributed by atoms with Crippen LogP contribution in [0.15, 0.2) is 54.6 Å². The van der Waals surface area contributed by atoms with Crippen LogP contribution in [0.2, 0.25) is 0 Å². The van der Waals surface area contributed by atoms with E-state index in [1.165, 1.54) is 36.8 Å². The predicted molar refractivity (Wildman–Crippen MR) is 109 cm³/mol. The fourth-order valence-corrected chi connectivity index (χ4v) is 3.27. The number of aromatic nitrogens is 4. The maximum absolute atomic E-state index is 12.1. The second-order valence-electron chi connectivity index (χ2n) is 6.79. The van der Waals surface area contributed by atoms with Gasteiger partial charge in [-0.15, -0.1) is 5.10 Å². The molecule has 0 aliphatic heterocycles. The van der Waals surface area contributed by atoms with Gasteiger partial charge in [0.1, 0.15) is 0 Å². The lowest BCUT2D eigenvalue weighted by Crippen LogP contribution is -2.13. The summed E-state index contributed by atoms with van der Waals surface area (Å²) in [5.41, 5.74) is 5.50. The molecule has 0 radical (unpaired) electrons. The fourth-order valence-electron chi connectivity index (χ4n) is 3.27. The molecule has 1 aromatic heterocycles. The van der Waals surface area contributed by atoms with Crippen LogP contribution < -0.4 is 10.6 Å². The lowest BCUT2D eigenvalue weighted by atomic mass is 9.94. The van der Waals surface area contributed by atoms with Gasteiger partial charge in [-0.3, -0.25) is 10.1 Å². The summed E-state index contributed by atoms with van der Waals surface area (Å²) in [6.45, 7) is 0.689. The van der Waals surface area contributed by atoms with E-state index >= 15 is 0 Å². The van der Waals surface area contributed by atoms with Crippen molar-refractivity contribution >= 4 is 23.1 Å². The highest BCUT2D eigenvalue weighted by Crippen LogP contribution is 2.27. The fraction of sp³-hybridized carbons (Fsp3) is 0.238. The highest BCUT2D eigenvalue weighted by molar-refractivity contribution is 6.03. The van der Waals surface area contributed by atoms with E-state index in [-0.39, 0.29) is 11.9 Å². The molecule has 1 aliphatic rings. The van der Waals surface area contributed by atoms with E-state index in [4.69, 9.17) is 0 Å². The Kier molecular flexibility index (Phi) is 5.42. The van der Waals surface area contributed by atoms with Crippen molar-refractivity contribution in [3.63, 3.8) is 0 Å². The Morgan fingerprint density at radius 2 is 1.86 bits per heavy atom. The van der Waals surface area contributed by atoms with E-state index in [0.29, 0.717) is 12.1 Å². The summed E-state index contributed by atoms with van der Waals surface area (Å²) in [4.78, 5) is 12.1. The maximum atomic E-state index is 12.1. The molecule has 0 unspecified atom stereocenters. The minimum Gasteiger partial charge on any atom is -0.381 e. The van der Waals surface area contributed by atoms with E-state index in [9.17, 15) is 4.79 Å². The number of tetrazole rings is 1. The number of carbonyl (C=O) groups is 1. The highest BCUT2D eigenvalue weighted by atomic mass is 16.1. The van der Waals surface area contributed by atoms with Crippen molar-refractivity contribution in [3.8, 4) is 0 Å². The summed E-state index contributed by atoms with van der Waals surface area (Å²) >= 11 is 0. The van der Waals surface area contributed by atoms with Gasteiger partial charge in [0.25, 0.3) is 11.9 Å². The van der Waals surface area contributed by atoms with Crippen LogP contribution in [0.1, 0.15) is 47.2 Å². The van der Waals surface area contributed by atoms with Crippen molar-refractivity contribution in [2.75, 3.05) is 10.6 Å². The second kappa shape index (κ2) is 8.47. The number of carbonyl (C=O) groups excluding carboxylic acids is 1. The van der Waals surface area contributed by atoms with Crippen molar-refractivity contribution in [3.05, 3.63) is 71.3 Å². The highest BCUT2D eigenvalue weighted by Gasteiger charge is 2.09. The standard InChI is InChI=1S/C21H22N6O/c28-20(23-21-24-26-27-25-21)18-8-6-15(7-9-18)14-22-19-12-10-17(11-13-19)16-4-2-1-3-5-16/h4,6-13,22H,1-3,5,14H2,(H2,23,24,25,26,27,28). The average molecular weight is 374 g/mol. The van der Waals surface area contributed by atoms with E-state index in [2.05, 4.69) is 61.6 Å². The second-order valence-corrected chi connectivity index (χ2v) is 6.79. The molecule has 1 aliphatic carbocycles. The molecule has 0 saturated carbocycles. The Hall–Kier alpha value is -3.48. The number of nitrogens with zero attached hydrogens (tertiary/aromatic N) is 3. The monoisotopic (exact) mass is 374 g/mol. The topological polar surface area (TPSA) is 95.6 Å². The zero-order valence-electron chi connectivity index (χ0n) is 15.5. The Morgan fingerprint density at radius 3 is 2.54 bits per heavy atom. The first-order chi connectivity index (χ1) is 13.8. The summed E-state index contributed by atoms with van der Waals surface area (Å²) in [7, 11) is 0. The third-order valence-corrected chi connectivity index (χ3v) is 4.83. The number of hydrogen-bond acceptors (Lipinski definition) is 5. The van der Waals surface area contributed by atoms with E-state index in [0.717, 1.165) is 11.3 Å². The molecule has 4 rings (SSSR count). The zero-order chi connectivity index (χ0) is 19.2. The molecule has 0 bridgehead atoms. The Morgan fingerprint density at radius 1 is 1.04 bits per heavy atom. The molecule has 1 heterocycles. The van der Waals surface area contributed by atoms with Crippen LogP contribution in [-0.2, 0) is 6.54 Å². The van der Waals surface area contributed by atoms with Crippen molar-refractivity contribution < 1.29 is 4.79 Å². The van der Waals surface area contributed by atoms with Crippen LogP contribution in [0.25, 0.3) is 5.57 Å². The molecule has 3 N–H and O–H groups in total. The molecule has 7 heteroatoms. The number of anilines is 2. The van der Waals surface area contributed by atoms with Crippen LogP contribution >= 0.6 is 0 Å². The lowest BCUT2D eigenvalue weighted by Gasteiger charge is -2.14. The van der Waals surface area contributed by atoms with Gasteiger partial charge in [0, 0.05) is 17.8 Å². The quantitative estimate of drug-likeness (QED) is 0.606. The molecule has 0 saturated heterocycles. The molecular weight excluding hydrogens is 352 g/mol. The summed E-state index contributed by atoms with van der Waals surface area (Å²) < 4.78 is 0. The first-order valence-electron chi connectivity index (χ1n) is 9.45. The van der Waals surface area contributed by atoms with Crippen molar-refractivity contribution in [2.45, 2.75) is 32.2 Å². The molecule has 1 amide bonds. The van der Waals surface area contributed by atoms with E-state index in [1.807, 2.05) is 12.1 Å². The summed E-state index contributed by atoms with van der Waals surface area (Å²) in [5, 5.41) is 19.1. The molecule has 0 fully saturated rings. The largest absolute Gasteiger partial charge is 0.381 e. The number of allylic oxidation sites excluding steroid dienone is 2. The van der Waals surface area contributed by atoms with Gasteiger partial charge in [-0.1, -0.05) is 35.4 Å². The number of nitrogens with one attached hydrogen (secondary N) is 3. The molecule has 2 aromatic carbocycles. The number of amides is 1. The number of hydrogen-bond donors (Lipinski definition) is 3. The average Bonchev–Trinajstić information content (AvgIpc) is 3.27. The molecule has 142 valence electrons. The molecular formula is C21H22N6O. The van der Waals surface area contributed by atoms with Crippen molar-refractivity contribution in [1.82, 2.24) is 20.6 Å². The number of H-pyrrole nitrogens is 1. The summed E-state index contributed by atoms with van der Waals surface area (Å²) in [6.07, 6.45) is 7.33. The SMILES string of the molecule is O=C(Nc1nn[nH]n1)c1ccc(CNc2ccc(C3=CCCCC3)cc2)cc1. The minimum absolute atomic E-state index is 0.156.